The highest BCUT2D eigenvalue weighted by molar-refractivity contribution is 6.51. The molecule has 1 aliphatic rings. The van der Waals surface area contributed by atoms with E-state index in [1.54, 1.807) is 54.6 Å². The van der Waals surface area contributed by atoms with E-state index in [1.807, 2.05) is 0 Å². The van der Waals surface area contributed by atoms with Gasteiger partial charge in [-0.25, -0.2) is 4.79 Å². The van der Waals surface area contributed by atoms with Gasteiger partial charge in [0.05, 0.1) is 37.0 Å². The van der Waals surface area contributed by atoms with Crippen LogP contribution in [-0.4, -0.2) is 37.0 Å². The van der Waals surface area contributed by atoms with Gasteiger partial charge < -0.3 is 14.6 Å². The molecule has 1 atom stereocenters. The molecule has 0 aliphatic carbocycles. The lowest BCUT2D eigenvalue weighted by molar-refractivity contribution is -0.132. The smallest absolute Gasteiger partial charge is 0.337 e. The number of ether oxygens (including phenoxy) is 2. The average molecular weight is 478 g/mol. The van der Waals surface area contributed by atoms with Crippen LogP contribution in [0.2, 0.25) is 5.02 Å². The van der Waals surface area contributed by atoms with E-state index in [1.165, 1.54) is 37.3 Å². The zero-order valence-corrected chi connectivity index (χ0v) is 19.1. The second-order valence-electron chi connectivity index (χ2n) is 7.46. The second kappa shape index (κ2) is 9.41. The topological polar surface area (TPSA) is 93.1 Å². The third-order valence-corrected chi connectivity index (χ3v) is 5.78. The third-order valence-electron chi connectivity index (χ3n) is 5.54. The van der Waals surface area contributed by atoms with Crippen LogP contribution >= 0.6 is 11.6 Å². The van der Waals surface area contributed by atoms with Crippen molar-refractivity contribution in [1.29, 1.82) is 0 Å². The summed E-state index contributed by atoms with van der Waals surface area (Å²) < 4.78 is 10.1. The first-order valence-electron chi connectivity index (χ1n) is 10.3. The molecule has 0 aromatic heterocycles. The van der Waals surface area contributed by atoms with E-state index in [9.17, 15) is 19.5 Å². The van der Waals surface area contributed by atoms with Gasteiger partial charge in [0.1, 0.15) is 11.5 Å². The number of carbonyl (C=O) groups excluding carboxylic acids is 3. The summed E-state index contributed by atoms with van der Waals surface area (Å²) in [6.45, 7) is 0. The molecule has 0 spiro atoms. The summed E-state index contributed by atoms with van der Waals surface area (Å²) in [4.78, 5) is 39.6. The van der Waals surface area contributed by atoms with Crippen LogP contribution in [-0.2, 0) is 14.3 Å². The predicted molar refractivity (Wildman–Crippen MR) is 127 cm³/mol. The molecule has 8 heteroatoms. The van der Waals surface area contributed by atoms with Crippen molar-refractivity contribution in [3.63, 3.8) is 0 Å². The zero-order chi connectivity index (χ0) is 24.4. The molecule has 1 heterocycles. The number of hydrogen-bond donors (Lipinski definition) is 1. The van der Waals surface area contributed by atoms with Crippen LogP contribution in [0.15, 0.2) is 78.4 Å². The molecule has 0 saturated carbocycles. The monoisotopic (exact) mass is 477 g/mol. The maximum atomic E-state index is 13.2. The highest BCUT2D eigenvalue weighted by Crippen LogP contribution is 2.43. The number of aliphatic hydroxyl groups excluding tert-OH is 1. The van der Waals surface area contributed by atoms with Gasteiger partial charge in [-0.2, -0.15) is 0 Å². The first-order chi connectivity index (χ1) is 16.4. The van der Waals surface area contributed by atoms with Crippen LogP contribution in [0.1, 0.15) is 27.5 Å². The molecule has 1 N–H and O–H groups in total. The lowest BCUT2D eigenvalue weighted by Crippen LogP contribution is -2.29. The number of hydrogen-bond acceptors (Lipinski definition) is 6. The van der Waals surface area contributed by atoms with Crippen LogP contribution in [0, 0.1) is 0 Å². The van der Waals surface area contributed by atoms with E-state index in [2.05, 4.69) is 0 Å². The number of methoxy groups -OCH3 is 2. The quantitative estimate of drug-likeness (QED) is 0.246. The average Bonchev–Trinajstić information content (AvgIpc) is 3.14. The molecule has 1 unspecified atom stereocenters. The molecule has 0 radical (unpaired) electrons. The Morgan fingerprint density at radius 1 is 0.971 bits per heavy atom. The molecule has 3 aromatic rings. The van der Waals surface area contributed by atoms with Gasteiger partial charge >= 0.3 is 5.97 Å². The highest BCUT2D eigenvalue weighted by Gasteiger charge is 2.47. The lowest BCUT2D eigenvalue weighted by atomic mass is 9.95. The van der Waals surface area contributed by atoms with Crippen LogP contribution in [0.5, 0.6) is 5.75 Å². The van der Waals surface area contributed by atoms with Gasteiger partial charge in [0.25, 0.3) is 11.7 Å². The summed E-state index contributed by atoms with van der Waals surface area (Å²) in [5.41, 5.74) is 1.37. The van der Waals surface area contributed by atoms with E-state index < -0.39 is 29.5 Å². The zero-order valence-electron chi connectivity index (χ0n) is 18.3. The molecule has 1 aliphatic heterocycles. The summed E-state index contributed by atoms with van der Waals surface area (Å²) in [6.07, 6.45) is 0. The summed E-state index contributed by atoms with van der Waals surface area (Å²) in [5, 5.41) is 11.6. The number of rotatable bonds is 5. The van der Waals surface area contributed by atoms with Crippen molar-refractivity contribution in [3.8, 4) is 5.75 Å². The number of Topliss-reactive ketones (excluding diaryl/α,β-unsaturated/α-hetero) is 1. The number of halogens is 1. The molecular weight excluding hydrogens is 458 g/mol. The maximum absolute atomic E-state index is 13.2. The molecule has 34 heavy (non-hydrogen) atoms. The fraction of sp³-hybridized carbons (Fsp3) is 0.115. The van der Waals surface area contributed by atoms with Crippen molar-refractivity contribution in [2.24, 2.45) is 0 Å². The van der Waals surface area contributed by atoms with E-state index >= 15 is 0 Å². The standard InChI is InChI=1S/C26H20ClNO6/c1-33-20-13-10-17(27)14-19(20)23(29)21-22(15-6-4-3-5-7-15)28(25(31)24(21)30)18-11-8-16(9-12-18)26(32)34-2/h3-14,22,29H,1-2H3/b23-21+. The van der Waals surface area contributed by atoms with Crippen molar-refractivity contribution in [1.82, 2.24) is 0 Å². The molecule has 4 rings (SSSR count). The molecule has 1 saturated heterocycles. The normalized spacial score (nSPS) is 17.0. The van der Waals surface area contributed by atoms with Gasteiger partial charge in [-0.05, 0) is 48.0 Å². The maximum Gasteiger partial charge on any atom is 0.337 e. The number of ketones is 1. The predicted octanol–water partition coefficient (Wildman–Crippen LogP) is 4.76. The van der Waals surface area contributed by atoms with Gasteiger partial charge in [0.15, 0.2) is 0 Å². The van der Waals surface area contributed by atoms with Gasteiger partial charge in [0.2, 0.25) is 0 Å². The van der Waals surface area contributed by atoms with Gasteiger partial charge in [-0.3, -0.25) is 14.5 Å². The second-order valence-corrected chi connectivity index (χ2v) is 7.90. The number of benzene rings is 3. The largest absolute Gasteiger partial charge is 0.507 e. The van der Waals surface area contributed by atoms with Crippen LogP contribution in [0.3, 0.4) is 0 Å². The Morgan fingerprint density at radius 3 is 2.26 bits per heavy atom. The Labute approximate surface area is 200 Å². The molecule has 1 amide bonds. The molecule has 3 aromatic carbocycles. The highest BCUT2D eigenvalue weighted by atomic mass is 35.5. The number of carbonyl (C=O) groups is 3. The number of amides is 1. The van der Waals surface area contributed by atoms with E-state index in [4.69, 9.17) is 21.1 Å². The minimum Gasteiger partial charge on any atom is -0.507 e. The summed E-state index contributed by atoms with van der Waals surface area (Å²) in [7, 11) is 2.70. The van der Waals surface area contributed by atoms with Crippen molar-refractivity contribution < 1.29 is 29.0 Å². The Hall–Kier alpha value is -4.10. The first kappa shape index (κ1) is 23.1. The number of aliphatic hydroxyl groups is 1. The Balaban J connectivity index is 1.92. The summed E-state index contributed by atoms with van der Waals surface area (Å²) in [6, 6.07) is 18.7. The van der Waals surface area contributed by atoms with Gasteiger partial charge in [-0.1, -0.05) is 41.9 Å². The minimum atomic E-state index is -0.922. The molecule has 1 fully saturated rings. The Kier molecular flexibility index (Phi) is 6.38. The van der Waals surface area contributed by atoms with E-state index in [0.29, 0.717) is 27.6 Å². The Morgan fingerprint density at radius 2 is 1.65 bits per heavy atom. The minimum absolute atomic E-state index is 0.103. The number of esters is 1. The van der Waals surface area contributed by atoms with E-state index in [-0.39, 0.29) is 11.1 Å². The SMILES string of the molecule is COC(=O)c1ccc(N2C(=O)C(=O)/C(=C(/O)c3cc(Cl)ccc3OC)C2c2ccccc2)cc1. The molecular formula is C26H20ClNO6. The molecule has 172 valence electrons. The Bertz CT molecular complexity index is 1300. The van der Waals surface area contributed by atoms with Gasteiger partial charge in [0, 0.05) is 10.7 Å². The van der Waals surface area contributed by atoms with Crippen LogP contribution < -0.4 is 9.64 Å². The number of nitrogens with zero attached hydrogens (tertiary/aromatic N) is 1. The molecule has 7 nitrogen and oxygen atoms in total. The van der Waals surface area contributed by atoms with Crippen molar-refractivity contribution in [2.45, 2.75) is 6.04 Å². The van der Waals surface area contributed by atoms with Crippen molar-refractivity contribution >= 4 is 40.7 Å². The third kappa shape index (κ3) is 4.02. The first-order valence-corrected chi connectivity index (χ1v) is 10.6. The molecule has 0 bridgehead atoms. The lowest BCUT2D eigenvalue weighted by Gasteiger charge is -2.25. The fourth-order valence-corrected chi connectivity index (χ4v) is 4.11. The van der Waals surface area contributed by atoms with Crippen molar-refractivity contribution in [3.05, 3.63) is 100 Å². The fourth-order valence-electron chi connectivity index (χ4n) is 3.94. The summed E-state index contributed by atoms with van der Waals surface area (Å²) in [5.74, 6) is -2.31. The van der Waals surface area contributed by atoms with Crippen LogP contribution in [0.4, 0.5) is 5.69 Å². The van der Waals surface area contributed by atoms with Crippen LogP contribution in [0.25, 0.3) is 5.76 Å². The van der Waals surface area contributed by atoms with Crippen molar-refractivity contribution in [2.75, 3.05) is 19.1 Å². The summed E-state index contributed by atoms with van der Waals surface area (Å²) >= 11 is 6.13. The number of anilines is 1. The van der Waals surface area contributed by atoms with Gasteiger partial charge in [-0.15, -0.1) is 0 Å². The van der Waals surface area contributed by atoms with E-state index in [0.717, 1.165) is 0 Å².